The lowest BCUT2D eigenvalue weighted by molar-refractivity contribution is 0.0962. The highest BCUT2D eigenvalue weighted by Gasteiger charge is 2.22. The lowest BCUT2D eigenvalue weighted by atomic mass is 10.1. The van der Waals surface area contributed by atoms with Crippen LogP contribution in [0, 0.1) is 0 Å². The van der Waals surface area contributed by atoms with Gasteiger partial charge in [0.05, 0.1) is 7.11 Å². The van der Waals surface area contributed by atoms with Crippen LogP contribution in [-0.2, 0) is 6.54 Å². The van der Waals surface area contributed by atoms with E-state index in [-0.39, 0.29) is 12.7 Å². The number of methoxy groups -OCH3 is 1. The second-order valence-corrected chi connectivity index (χ2v) is 8.22. The molecule has 182 valence electrons. The third-order valence-electron chi connectivity index (χ3n) is 6.02. The highest BCUT2D eigenvalue weighted by Crippen LogP contribution is 2.33. The predicted octanol–water partition coefficient (Wildman–Crippen LogP) is 1.88. The van der Waals surface area contributed by atoms with Crippen molar-refractivity contribution in [2.75, 3.05) is 56.1 Å². The van der Waals surface area contributed by atoms with Crippen LogP contribution in [0.3, 0.4) is 0 Å². The van der Waals surface area contributed by atoms with Gasteiger partial charge >= 0.3 is 0 Å². The summed E-state index contributed by atoms with van der Waals surface area (Å²) in [5, 5.41) is 0. The van der Waals surface area contributed by atoms with Crippen LogP contribution in [0.4, 0.5) is 17.3 Å². The van der Waals surface area contributed by atoms with Crippen molar-refractivity contribution in [3.63, 3.8) is 0 Å². The second-order valence-electron chi connectivity index (χ2n) is 8.22. The van der Waals surface area contributed by atoms with Gasteiger partial charge in [-0.25, -0.2) is 9.97 Å². The van der Waals surface area contributed by atoms with E-state index >= 15 is 0 Å². The van der Waals surface area contributed by atoms with Crippen LogP contribution in [0.2, 0.25) is 0 Å². The molecule has 0 aliphatic carbocycles. The Balaban J connectivity index is 1.17. The Hall–Kier alpha value is -4.25. The molecule has 2 aliphatic rings. The maximum Gasteiger partial charge on any atom is 0.269 e. The maximum absolute atomic E-state index is 12.4. The van der Waals surface area contributed by atoms with E-state index in [1.807, 2.05) is 12.1 Å². The van der Waals surface area contributed by atoms with Gasteiger partial charge in [0, 0.05) is 38.3 Å². The van der Waals surface area contributed by atoms with Gasteiger partial charge in [-0.15, -0.1) is 0 Å². The molecular formula is C24H27N7O4. The largest absolute Gasteiger partial charge is 0.497 e. The number of ether oxygens (including phenoxy) is 3. The minimum absolute atomic E-state index is 0.278. The van der Waals surface area contributed by atoms with Crippen LogP contribution in [0.15, 0.2) is 48.8 Å². The first-order valence-corrected chi connectivity index (χ1v) is 11.3. The number of nitrogens with one attached hydrogen (secondary N) is 2. The fourth-order valence-electron chi connectivity index (χ4n) is 4.08. The summed E-state index contributed by atoms with van der Waals surface area (Å²) in [6.07, 6.45) is 1.44. The van der Waals surface area contributed by atoms with E-state index in [1.165, 1.54) is 11.9 Å². The summed E-state index contributed by atoms with van der Waals surface area (Å²) in [5.41, 5.74) is 13.8. The summed E-state index contributed by atoms with van der Waals surface area (Å²) in [6, 6.07) is 12.9. The SMILES string of the molecule is COc1ccc(C(=O)NNc2ncnc(N3CCN(Cc4ccc5c(c4)OCO5)CC3)c2N)cc1. The molecular weight excluding hydrogens is 450 g/mol. The number of hydrogen-bond donors (Lipinski definition) is 3. The summed E-state index contributed by atoms with van der Waals surface area (Å²) in [7, 11) is 1.57. The number of fused-ring (bicyclic) bond motifs is 1. The van der Waals surface area contributed by atoms with Crippen LogP contribution >= 0.6 is 0 Å². The molecule has 4 N–H and O–H groups in total. The topological polar surface area (TPSA) is 127 Å². The third kappa shape index (κ3) is 4.99. The van der Waals surface area contributed by atoms with Crippen molar-refractivity contribution in [2.45, 2.75) is 6.54 Å². The number of hydrogen-bond acceptors (Lipinski definition) is 10. The number of nitrogens with zero attached hydrogens (tertiary/aromatic N) is 4. The van der Waals surface area contributed by atoms with Crippen molar-refractivity contribution < 1.29 is 19.0 Å². The molecule has 2 aliphatic heterocycles. The number of nitrogens with two attached hydrogens (primary N) is 1. The molecule has 3 aromatic rings. The molecule has 1 aromatic heterocycles. The standard InChI is InChI=1S/C24H27N7O4/c1-33-18-5-3-17(4-6-18)24(32)29-28-22-21(25)23(27-14-26-22)31-10-8-30(9-11-31)13-16-2-7-19-20(12-16)35-15-34-19/h2-7,12,14H,8-11,13,15,25H2,1H3,(H,29,32)(H,26,27,28). The van der Waals surface area contributed by atoms with Gasteiger partial charge in [0.15, 0.2) is 23.1 Å². The zero-order valence-electron chi connectivity index (χ0n) is 19.4. The highest BCUT2D eigenvalue weighted by atomic mass is 16.7. The summed E-state index contributed by atoms with van der Waals surface area (Å²) in [6.45, 7) is 4.35. The first-order chi connectivity index (χ1) is 17.1. The first kappa shape index (κ1) is 22.5. The Bertz CT molecular complexity index is 1200. The molecule has 0 unspecified atom stereocenters. The van der Waals surface area contributed by atoms with Gasteiger partial charge in [-0.1, -0.05) is 6.07 Å². The summed E-state index contributed by atoms with van der Waals surface area (Å²) >= 11 is 0. The number of aromatic nitrogens is 2. The van der Waals surface area contributed by atoms with Gasteiger partial charge in [-0.2, -0.15) is 0 Å². The number of rotatable bonds is 7. The zero-order chi connectivity index (χ0) is 24.2. The van der Waals surface area contributed by atoms with E-state index < -0.39 is 0 Å². The third-order valence-corrected chi connectivity index (χ3v) is 6.02. The summed E-state index contributed by atoms with van der Waals surface area (Å²) < 4.78 is 16.0. The number of hydrazine groups is 1. The van der Waals surface area contributed by atoms with Gasteiger partial charge < -0.3 is 24.8 Å². The normalized spacial score (nSPS) is 15.1. The average Bonchev–Trinajstić information content (AvgIpc) is 3.36. The van der Waals surface area contributed by atoms with Gasteiger partial charge in [0.25, 0.3) is 5.91 Å². The monoisotopic (exact) mass is 477 g/mol. The lowest BCUT2D eigenvalue weighted by Crippen LogP contribution is -2.46. The minimum atomic E-state index is -0.315. The number of carbonyl (C=O) groups excluding carboxylic acids is 1. The average molecular weight is 478 g/mol. The molecule has 11 nitrogen and oxygen atoms in total. The molecule has 1 saturated heterocycles. The Morgan fingerprint density at radius 1 is 1.06 bits per heavy atom. The smallest absolute Gasteiger partial charge is 0.269 e. The molecule has 35 heavy (non-hydrogen) atoms. The number of anilines is 3. The second kappa shape index (κ2) is 9.94. The van der Waals surface area contributed by atoms with Crippen LogP contribution in [-0.4, -0.2) is 60.9 Å². The fraction of sp³-hybridized carbons (Fsp3) is 0.292. The number of piperazine rings is 1. The molecule has 11 heteroatoms. The highest BCUT2D eigenvalue weighted by molar-refractivity contribution is 5.95. The van der Waals surface area contributed by atoms with Gasteiger partial charge in [-0.3, -0.25) is 20.5 Å². The van der Waals surface area contributed by atoms with Crippen molar-refractivity contribution in [3.8, 4) is 17.2 Å². The minimum Gasteiger partial charge on any atom is -0.497 e. The summed E-state index contributed by atoms with van der Waals surface area (Å²) in [4.78, 5) is 25.5. The van der Waals surface area contributed by atoms with Crippen molar-refractivity contribution in [3.05, 3.63) is 59.9 Å². The van der Waals surface area contributed by atoms with Gasteiger partial charge in [0.2, 0.25) is 6.79 Å². The van der Waals surface area contributed by atoms with E-state index in [0.717, 1.165) is 44.2 Å². The molecule has 0 atom stereocenters. The van der Waals surface area contributed by atoms with Crippen molar-refractivity contribution in [1.82, 2.24) is 20.3 Å². The molecule has 1 fully saturated rings. The molecule has 0 bridgehead atoms. The molecule has 3 heterocycles. The van der Waals surface area contributed by atoms with Gasteiger partial charge in [0.1, 0.15) is 17.8 Å². The fourth-order valence-corrected chi connectivity index (χ4v) is 4.08. The molecule has 0 spiro atoms. The van der Waals surface area contributed by atoms with E-state index in [0.29, 0.717) is 28.6 Å². The number of carbonyl (C=O) groups is 1. The van der Waals surface area contributed by atoms with E-state index in [4.69, 9.17) is 19.9 Å². The number of nitrogen functional groups attached to an aromatic ring is 1. The lowest BCUT2D eigenvalue weighted by Gasteiger charge is -2.36. The predicted molar refractivity (Wildman–Crippen MR) is 131 cm³/mol. The van der Waals surface area contributed by atoms with Crippen LogP contribution in [0.5, 0.6) is 17.2 Å². The Morgan fingerprint density at radius 2 is 1.83 bits per heavy atom. The molecule has 0 radical (unpaired) electrons. The quantitative estimate of drug-likeness (QED) is 0.434. The molecule has 5 rings (SSSR count). The molecule has 1 amide bonds. The van der Waals surface area contributed by atoms with Crippen molar-refractivity contribution in [2.24, 2.45) is 0 Å². The van der Waals surface area contributed by atoms with Crippen LogP contribution in [0.25, 0.3) is 0 Å². The Labute approximate surface area is 202 Å². The van der Waals surface area contributed by atoms with E-state index in [2.05, 4.69) is 36.7 Å². The maximum atomic E-state index is 12.4. The van der Waals surface area contributed by atoms with Gasteiger partial charge in [-0.05, 0) is 42.0 Å². The molecule has 0 saturated carbocycles. The van der Waals surface area contributed by atoms with E-state index in [9.17, 15) is 4.79 Å². The Kier molecular flexibility index (Phi) is 6.40. The van der Waals surface area contributed by atoms with E-state index in [1.54, 1.807) is 31.4 Å². The molecule has 2 aromatic carbocycles. The zero-order valence-corrected chi connectivity index (χ0v) is 19.4. The van der Waals surface area contributed by atoms with Crippen LogP contribution in [0.1, 0.15) is 15.9 Å². The van der Waals surface area contributed by atoms with Crippen LogP contribution < -0.4 is 35.7 Å². The Morgan fingerprint density at radius 3 is 2.60 bits per heavy atom. The number of amides is 1. The van der Waals surface area contributed by atoms with Crippen molar-refractivity contribution >= 4 is 23.2 Å². The first-order valence-electron chi connectivity index (χ1n) is 11.3. The number of benzene rings is 2. The summed E-state index contributed by atoms with van der Waals surface area (Å²) in [5.74, 6) is 2.94. The van der Waals surface area contributed by atoms with Crippen molar-refractivity contribution in [1.29, 1.82) is 0 Å².